The van der Waals surface area contributed by atoms with Crippen LogP contribution in [0.5, 0.6) is 11.5 Å². The highest BCUT2D eigenvalue weighted by atomic mass is 32.1. The molecule has 1 heterocycles. The first-order valence-electron chi connectivity index (χ1n) is 14.3. The number of methoxy groups -OCH3 is 1. The van der Waals surface area contributed by atoms with E-state index < -0.39 is 0 Å². The molecule has 0 bridgehead atoms. The van der Waals surface area contributed by atoms with Gasteiger partial charge in [-0.1, -0.05) is 107 Å². The van der Waals surface area contributed by atoms with Crippen LogP contribution in [0.4, 0.5) is 5.69 Å². The molecule has 2 aromatic carbocycles. The zero-order valence-electron chi connectivity index (χ0n) is 23.3. The fourth-order valence-corrected chi connectivity index (χ4v) is 5.18. The van der Waals surface area contributed by atoms with E-state index in [1.807, 2.05) is 41.9 Å². The largest absolute Gasteiger partial charge is 0.497 e. The third kappa shape index (κ3) is 10.5. The minimum atomic E-state index is -0.180. The lowest BCUT2D eigenvalue weighted by Crippen LogP contribution is -2.31. The van der Waals surface area contributed by atoms with Crippen LogP contribution in [-0.2, 0) is 6.54 Å². The number of thiazole rings is 1. The van der Waals surface area contributed by atoms with Gasteiger partial charge in [-0.05, 0) is 24.6 Å². The lowest BCUT2D eigenvalue weighted by Gasteiger charge is -2.14. The Morgan fingerprint density at radius 1 is 0.895 bits per heavy atom. The van der Waals surface area contributed by atoms with Crippen molar-refractivity contribution in [3.05, 3.63) is 70.7 Å². The summed E-state index contributed by atoms with van der Waals surface area (Å²) in [5, 5.41) is 5.14. The average Bonchev–Trinajstić information content (AvgIpc) is 3.45. The van der Waals surface area contributed by atoms with E-state index >= 15 is 0 Å². The standard InChI is InChI=1S/C32H44N2O3S/c1-3-4-5-6-7-8-9-10-11-12-13-16-22-37-31-24-28(36-2)19-20-29(31)32(35)33-30-18-15-14-17-27(30)25-34-21-23-38-26-34/h14-15,17-21,23-24,26H,3-13,16,22,25H2,1-2H3/p+1. The molecule has 0 atom stereocenters. The molecule has 3 aromatic rings. The number of nitrogens with one attached hydrogen (secondary N) is 1. The van der Waals surface area contributed by atoms with E-state index in [1.165, 1.54) is 64.2 Å². The monoisotopic (exact) mass is 537 g/mol. The summed E-state index contributed by atoms with van der Waals surface area (Å²) in [6.45, 7) is 3.56. The minimum absolute atomic E-state index is 0.180. The number of amides is 1. The van der Waals surface area contributed by atoms with Crippen molar-refractivity contribution in [2.24, 2.45) is 0 Å². The summed E-state index contributed by atoms with van der Waals surface area (Å²) < 4.78 is 13.6. The van der Waals surface area contributed by atoms with Crippen molar-refractivity contribution in [3.63, 3.8) is 0 Å². The van der Waals surface area contributed by atoms with E-state index in [9.17, 15) is 4.79 Å². The van der Waals surface area contributed by atoms with Gasteiger partial charge in [0.1, 0.15) is 11.5 Å². The van der Waals surface area contributed by atoms with Crippen LogP contribution in [-0.4, -0.2) is 19.6 Å². The Balaban J connectivity index is 1.45. The molecule has 1 amide bonds. The zero-order valence-corrected chi connectivity index (χ0v) is 24.1. The van der Waals surface area contributed by atoms with Crippen LogP contribution in [0.3, 0.4) is 0 Å². The molecule has 3 rings (SSSR count). The number of hydrogen-bond donors (Lipinski definition) is 1. The van der Waals surface area contributed by atoms with E-state index in [2.05, 4.69) is 22.3 Å². The Hall–Kier alpha value is -2.86. The first-order valence-corrected chi connectivity index (χ1v) is 15.3. The van der Waals surface area contributed by atoms with Crippen LogP contribution in [0, 0.1) is 0 Å². The topological polar surface area (TPSA) is 51.4 Å². The van der Waals surface area contributed by atoms with Gasteiger partial charge in [-0.2, -0.15) is 4.57 Å². The highest BCUT2D eigenvalue weighted by Gasteiger charge is 2.17. The normalized spacial score (nSPS) is 10.9. The number of anilines is 1. The number of aromatic nitrogens is 1. The number of hydrogen-bond acceptors (Lipinski definition) is 4. The maximum absolute atomic E-state index is 13.3. The van der Waals surface area contributed by atoms with Crippen molar-refractivity contribution in [1.29, 1.82) is 0 Å². The molecule has 0 radical (unpaired) electrons. The Kier molecular flexibility index (Phi) is 13.8. The van der Waals surface area contributed by atoms with E-state index in [-0.39, 0.29) is 5.91 Å². The van der Waals surface area contributed by atoms with E-state index in [0.717, 1.165) is 24.1 Å². The molecule has 0 aliphatic rings. The molecular formula is C32H45N2O3S+. The molecule has 0 aliphatic carbocycles. The second kappa shape index (κ2) is 17.6. The molecule has 1 N–H and O–H groups in total. The molecule has 0 fully saturated rings. The predicted octanol–water partition coefficient (Wildman–Crippen LogP) is 8.42. The van der Waals surface area contributed by atoms with E-state index in [1.54, 1.807) is 30.6 Å². The quantitative estimate of drug-likeness (QED) is 0.123. The van der Waals surface area contributed by atoms with Crippen molar-refractivity contribution in [2.75, 3.05) is 19.0 Å². The van der Waals surface area contributed by atoms with Crippen LogP contribution in [0.15, 0.2) is 59.6 Å². The van der Waals surface area contributed by atoms with Gasteiger partial charge in [-0.15, -0.1) is 0 Å². The highest BCUT2D eigenvalue weighted by Crippen LogP contribution is 2.27. The van der Waals surface area contributed by atoms with Gasteiger partial charge in [0.2, 0.25) is 5.51 Å². The molecule has 6 heteroatoms. The Bertz CT molecular complexity index is 1070. The number of carbonyl (C=O) groups is 1. The second-order valence-corrected chi connectivity index (χ2v) is 10.7. The molecule has 0 saturated carbocycles. The smallest absolute Gasteiger partial charge is 0.259 e. The average molecular weight is 538 g/mol. The predicted molar refractivity (Wildman–Crippen MR) is 158 cm³/mol. The SMILES string of the molecule is CCCCCCCCCCCCCCOc1cc(OC)ccc1C(=O)Nc1ccccc1C[n+]1ccsc1. The van der Waals surface area contributed by atoms with Crippen LogP contribution in [0.25, 0.3) is 0 Å². The maximum atomic E-state index is 13.3. The van der Waals surface area contributed by atoms with Crippen molar-refractivity contribution in [3.8, 4) is 11.5 Å². The van der Waals surface area contributed by atoms with Gasteiger partial charge in [0.25, 0.3) is 5.91 Å². The first kappa shape index (κ1) is 29.7. The molecule has 1 aromatic heterocycles. The first-order chi connectivity index (χ1) is 18.7. The number of nitrogens with zero attached hydrogens (tertiary/aromatic N) is 1. The van der Waals surface area contributed by atoms with Crippen LogP contribution in [0.1, 0.15) is 99.9 Å². The molecule has 0 saturated heterocycles. The molecule has 0 spiro atoms. The van der Waals surface area contributed by atoms with E-state index in [0.29, 0.717) is 30.2 Å². The second-order valence-electron chi connectivity index (χ2n) is 9.91. The van der Waals surface area contributed by atoms with Crippen molar-refractivity contribution < 1.29 is 18.8 Å². The minimum Gasteiger partial charge on any atom is -0.497 e. The number of para-hydroxylation sites is 1. The summed E-state index contributed by atoms with van der Waals surface area (Å²) in [5.41, 5.74) is 4.43. The Morgan fingerprint density at radius 2 is 1.58 bits per heavy atom. The number of unbranched alkanes of at least 4 members (excludes halogenated alkanes) is 11. The molecule has 0 aliphatic heterocycles. The van der Waals surface area contributed by atoms with Crippen LogP contribution < -0.4 is 19.4 Å². The number of benzene rings is 2. The summed E-state index contributed by atoms with van der Waals surface area (Å²) in [6.07, 6.45) is 17.7. The summed E-state index contributed by atoms with van der Waals surface area (Å²) in [4.78, 5) is 13.3. The summed E-state index contributed by atoms with van der Waals surface area (Å²) in [5.74, 6) is 1.07. The lowest BCUT2D eigenvalue weighted by molar-refractivity contribution is -0.683. The van der Waals surface area contributed by atoms with Crippen molar-refractivity contribution in [2.45, 2.75) is 90.5 Å². The van der Waals surface area contributed by atoms with Gasteiger partial charge >= 0.3 is 0 Å². The summed E-state index contributed by atoms with van der Waals surface area (Å²) >= 11 is 1.65. The number of carbonyl (C=O) groups excluding carboxylic acids is 1. The Labute approximate surface area is 233 Å². The van der Waals surface area contributed by atoms with Crippen molar-refractivity contribution in [1.82, 2.24) is 0 Å². The van der Waals surface area contributed by atoms with Gasteiger partial charge in [-0.25, -0.2) is 0 Å². The third-order valence-corrected chi connectivity index (χ3v) is 7.51. The van der Waals surface area contributed by atoms with Gasteiger partial charge in [0.15, 0.2) is 12.7 Å². The fourth-order valence-electron chi connectivity index (χ4n) is 4.58. The highest BCUT2D eigenvalue weighted by molar-refractivity contribution is 7.07. The zero-order chi connectivity index (χ0) is 26.8. The van der Waals surface area contributed by atoms with Crippen LogP contribution >= 0.6 is 11.3 Å². The molecule has 5 nitrogen and oxygen atoms in total. The molecule has 0 unspecified atom stereocenters. The number of rotatable bonds is 19. The van der Waals surface area contributed by atoms with Gasteiger partial charge in [0.05, 0.1) is 30.3 Å². The van der Waals surface area contributed by atoms with Gasteiger partial charge in [0, 0.05) is 11.6 Å². The van der Waals surface area contributed by atoms with Crippen LogP contribution in [0.2, 0.25) is 0 Å². The summed E-state index contributed by atoms with van der Waals surface area (Å²) in [7, 11) is 1.63. The molecule has 206 valence electrons. The van der Waals surface area contributed by atoms with Crippen molar-refractivity contribution >= 4 is 22.9 Å². The molecule has 38 heavy (non-hydrogen) atoms. The van der Waals surface area contributed by atoms with E-state index in [4.69, 9.17) is 9.47 Å². The fraction of sp³-hybridized carbons (Fsp3) is 0.500. The lowest BCUT2D eigenvalue weighted by atomic mass is 10.1. The maximum Gasteiger partial charge on any atom is 0.259 e. The molecular weight excluding hydrogens is 492 g/mol. The Morgan fingerprint density at radius 3 is 2.24 bits per heavy atom. The van der Waals surface area contributed by atoms with Gasteiger partial charge < -0.3 is 14.8 Å². The van der Waals surface area contributed by atoms with Gasteiger partial charge in [-0.3, -0.25) is 4.79 Å². The third-order valence-electron chi connectivity index (χ3n) is 6.83. The number of ether oxygens (including phenoxy) is 2. The summed E-state index contributed by atoms with van der Waals surface area (Å²) in [6, 6.07) is 13.3.